The van der Waals surface area contributed by atoms with Crippen molar-refractivity contribution in [3.8, 4) is 0 Å². The molecule has 2 saturated heterocycles. The molecule has 5 heteroatoms. The van der Waals surface area contributed by atoms with Gasteiger partial charge in [-0.2, -0.15) is 0 Å². The SMILES string of the molecule is O=C(c1ccc(F)cc1)N1CCC2(CC1)COC(COCC1CC1)C2. The van der Waals surface area contributed by atoms with E-state index in [2.05, 4.69) is 0 Å². The summed E-state index contributed by atoms with van der Waals surface area (Å²) in [5, 5.41) is 0. The summed E-state index contributed by atoms with van der Waals surface area (Å²) in [7, 11) is 0. The van der Waals surface area contributed by atoms with Crippen LogP contribution in [0.25, 0.3) is 0 Å². The van der Waals surface area contributed by atoms with Crippen molar-refractivity contribution in [1.29, 1.82) is 0 Å². The molecule has 25 heavy (non-hydrogen) atoms. The number of halogens is 1. The van der Waals surface area contributed by atoms with Gasteiger partial charge in [-0.3, -0.25) is 4.79 Å². The molecule has 0 N–H and O–H groups in total. The van der Waals surface area contributed by atoms with E-state index < -0.39 is 0 Å². The molecule has 2 heterocycles. The summed E-state index contributed by atoms with van der Waals surface area (Å²) in [5.41, 5.74) is 0.763. The fourth-order valence-corrected chi connectivity index (χ4v) is 3.96. The van der Waals surface area contributed by atoms with E-state index in [0.717, 1.165) is 51.5 Å². The first-order chi connectivity index (χ1) is 12.1. The highest BCUT2D eigenvalue weighted by Crippen LogP contribution is 2.42. The number of rotatable bonds is 5. The normalized spacial score (nSPS) is 25.5. The third-order valence-corrected chi connectivity index (χ3v) is 5.84. The van der Waals surface area contributed by atoms with Gasteiger partial charge < -0.3 is 14.4 Å². The van der Waals surface area contributed by atoms with Gasteiger partial charge in [-0.25, -0.2) is 4.39 Å². The molecule has 1 spiro atoms. The van der Waals surface area contributed by atoms with Crippen LogP contribution in [0.5, 0.6) is 0 Å². The van der Waals surface area contributed by atoms with Gasteiger partial charge in [-0.05, 0) is 67.7 Å². The van der Waals surface area contributed by atoms with Crippen LogP contribution >= 0.6 is 0 Å². The maximum Gasteiger partial charge on any atom is 0.253 e. The lowest BCUT2D eigenvalue weighted by atomic mass is 9.76. The molecular formula is C20H26FNO3. The molecule has 0 radical (unpaired) electrons. The van der Waals surface area contributed by atoms with E-state index in [4.69, 9.17) is 9.47 Å². The molecule has 3 aliphatic rings. The number of hydrogen-bond acceptors (Lipinski definition) is 3. The molecule has 1 saturated carbocycles. The summed E-state index contributed by atoms with van der Waals surface area (Å²) in [6.07, 6.45) is 5.81. The Hall–Kier alpha value is -1.46. The highest BCUT2D eigenvalue weighted by Gasteiger charge is 2.43. The third kappa shape index (κ3) is 4.04. The van der Waals surface area contributed by atoms with Crippen molar-refractivity contribution >= 4 is 5.91 Å². The lowest BCUT2D eigenvalue weighted by Crippen LogP contribution is -2.43. The van der Waals surface area contributed by atoms with Crippen molar-refractivity contribution in [2.24, 2.45) is 11.3 Å². The van der Waals surface area contributed by atoms with Gasteiger partial charge in [0.05, 0.1) is 19.3 Å². The van der Waals surface area contributed by atoms with Crippen molar-refractivity contribution in [3.05, 3.63) is 35.6 Å². The molecule has 4 rings (SSSR count). The lowest BCUT2D eigenvalue weighted by molar-refractivity contribution is 0.00938. The van der Waals surface area contributed by atoms with Crippen molar-refractivity contribution < 1.29 is 18.7 Å². The summed E-state index contributed by atoms with van der Waals surface area (Å²) in [5.74, 6) is 0.473. The topological polar surface area (TPSA) is 38.8 Å². The Morgan fingerprint density at radius 2 is 1.92 bits per heavy atom. The predicted octanol–water partition coefficient (Wildman–Crippen LogP) is 3.26. The fraction of sp³-hybridized carbons (Fsp3) is 0.650. The number of carbonyl (C=O) groups is 1. The molecule has 1 aromatic carbocycles. The number of piperidine rings is 1. The fourth-order valence-electron chi connectivity index (χ4n) is 3.96. The summed E-state index contributed by atoms with van der Waals surface area (Å²) < 4.78 is 24.8. The number of carbonyl (C=O) groups excluding carboxylic acids is 1. The van der Waals surface area contributed by atoms with Gasteiger partial charge in [-0.1, -0.05) is 0 Å². The third-order valence-electron chi connectivity index (χ3n) is 5.84. The second-order valence-corrected chi connectivity index (χ2v) is 7.92. The summed E-state index contributed by atoms with van der Waals surface area (Å²) in [6, 6.07) is 5.81. The van der Waals surface area contributed by atoms with Gasteiger partial charge in [0.25, 0.3) is 5.91 Å². The lowest BCUT2D eigenvalue weighted by Gasteiger charge is -2.38. The molecule has 1 aromatic rings. The van der Waals surface area contributed by atoms with Crippen molar-refractivity contribution in [3.63, 3.8) is 0 Å². The first-order valence-electron chi connectivity index (χ1n) is 9.38. The minimum Gasteiger partial charge on any atom is -0.378 e. The van der Waals surface area contributed by atoms with Crippen LogP contribution in [0.2, 0.25) is 0 Å². The maximum atomic E-state index is 13.0. The minimum absolute atomic E-state index is 0.00178. The van der Waals surface area contributed by atoms with E-state index in [1.807, 2.05) is 4.90 Å². The van der Waals surface area contributed by atoms with Gasteiger partial charge in [0.15, 0.2) is 0 Å². The largest absolute Gasteiger partial charge is 0.378 e. The first-order valence-corrected chi connectivity index (χ1v) is 9.38. The van der Waals surface area contributed by atoms with E-state index in [9.17, 15) is 9.18 Å². The Labute approximate surface area is 148 Å². The van der Waals surface area contributed by atoms with Crippen LogP contribution in [0.4, 0.5) is 4.39 Å². The number of amides is 1. The zero-order valence-electron chi connectivity index (χ0n) is 14.6. The highest BCUT2D eigenvalue weighted by atomic mass is 19.1. The zero-order chi connectivity index (χ0) is 17.3. The Morgan fingerprint density at radius 3 is 2.60 bits per heavy atom. The van der Waals surface area contributed by atoms with Gasteiger partial charge in [0.2, 0.25) is 0 Å². The Balaban J connectivity index is 1.26. The molecule has 4 nitrogen and oxygen atoms in total. The second kappa shape index (κ2) is 7.04. The van der Waals surface area contributed by atoms with Crippen LogP contribution in [0.3, 0.4) is 0 Å². The van der Waals surface area contributed by atoms with Crippen LogP contribution in [0.1, 0.15) is 42.5 Å². The summed E-state index contributed by atoms with van der Waals surface area (Å²) >= 11 is 0. The van der Waals surface area contributed by atoms with E-state index >= 15 is 0 Å². The number of ether oxygens (including phenoxy) is 2. The average molecular weight is 347 g/mol. The van der Waals surface area contributed by atoms with Gasteiger partial charge >= 0.3 is 0 Å². The van der Waals surface area contributed by atoms with Crippen LogP contribution < -0.4 is 0 Å². The summed E-state index contributed by atoms with van der Waals surface area (Å²) in [6.45, 7) is 3.86. The van der Waals surface area contributed by atoms with Crippen LogP contribution in [0, 0.1) is 17.2 Å². The second-order valence-electron chi connectivity index (χ2n) is 7.92. The van der Waals surface area contributed by atoms with E-state index in [1.165, 1.54) is 25.0 Å². The molecule has 1 amide bonds. The standard InChI is InChI=1S/C20H26FNO3/c21-17-5-3-16(4-6-17)19(23)22-9-7-20(8-10-22)11-18(25-14-20)13-24-12-15-1-2-15/h3-6,15,18H,1-2,7-14H2. The van der Waals surface area contributed by atoms with Crippen LogP contribution in [-0.2, 0) is 9.47 Å². The number of likely N-dealkylation sites (tertiary alicyclic amines) is 1. The molecule has 1 unspecified atom stereocenters. The Bertz CT molecular complexity index is 606. The Morgan fingerprint density at radius 1 is 1.20 bits per heavy atom. The van der Waals surface area contributed by atoms with Crippen LogP contribution in [-0.4, -0.2) is 49.8 Å². The van der Waals surface area contributed by atoms with Crippen LogP contribution in [0.15, 0.2) is 24.3 Å². The maximum absolute atomic E-state index is 13.0. The molecule has 3 fully saturated rings. The van der Waals surface area contributed by atoms with Crippen molar-refractivity contribution in [2.45, 2.75) is 38.2 Å². The van der Waals surface area contributed by atoms with Gasteiger partial charge in [0, 0.05) is 25.3 Å². The number of nitrogens with zero attached hydrogens (tertiary/aromatic N) is 1. The number of hydrogen-bond donors (Lipinski definition) is 0. The Kier molecular flexibility index (Phi) is 4.78. The molecule has 2 aliphatic heterocycles. The molecule has 0 bridgehead atoms. The minimum atomic E-state index is -0.313. The monoisotopic (exact) mass is 347 g/mol. The quantitative estimate of drug-likeness (QED) is 0.821. The molecule has 1 atom stereocenters. The highest BCUT2D eigenvalue weighted by molar-refractivity contribution is 5.94. The zero-order valence-corrected chi connectivity index (χ0v) is 14.6. The van der Waals surface area contributed by atoms with Crippen molar-refractivity contribution in [2.75, 3.05) is 32.9 Å². The van der Waals surface area contributed by atoms with Gasteiger partial charge in [-0.15, -0.1) is 0 Å². The predicted molar refractivity (Wildman–Crippen MR) is 91.9 cm³/mol. The first kappa shape index (κ1) is 17.0. The van der Waals surface area contributed by atoms with Gasteiger partial charge in [0.1, 0.15) is 5.82 Å². The average Bonchev–Trinajstić information content (AvgIpc) is 3.37. The molecule has 0 aromatic heterocycles. The summed E-state index contributed by atoms with van der Waals surface area (Å²) in [4.78, 5) is 14.4. The number of benzene rings is 1. The molecule has 1 aliphatic carbocycles. The van der Waals surface area contributed by atoms with E-state index in [1.54, 1.807) is 12.1 Å². The smallest absolute Gasteiger partial charge is 0.253 e. The molecule has 136 valence electrons. The van der Waals surface area contributed by atoms with E-state index in [0.29, 0.717) is 12.2 Å². The van der Waals surface area contributed by atoms with E-state index in [-0.39, 0.29) is 23.2 Å². The van der Waals surface area contributed by atoms with Crippen molar-refractivity contribution in [1.82, 2.24) is 4.90 Å². The molecular weight excluding hydrogens is 321 g/mol.